The van der Waals surface area contributed by atoms with Crippen LogP contribution >= 0.6 is 0 Å². The quantitative estimate of drug-likeness (QED) is 0.748. The molecule has 0 unspecified atom stereocenters. The zero-order chi connectivity index (χ0) is 16.5. The molecular weight excluding hydrogens is 292 g/mol. The maximum absolute atomic E-state index is 12.1. The first-order valence-corrected chi connectivity index (χ1v) is 8.56. The molecule has 1 fully saturated rings. The highest BCUT2D eigenvalue weighted by atomic mass is 16.5. The van der Waals surface area contributed by atoms with Gasteiger partial charge in [0.15, 0.2) is 0 Å². The lowest BCUT2D eigenvalue weighted by Gasteiger charge is -2.28. The smallest absolute Gasteiger partial charge is 0.253 e. The molecule has 0 radical (unpaired) electrons. The number of nitrogens with one attached hydrogen (secondary N) is 1. The van der Waals surface area contributed by atoms with Crippen LogP contribution in [0.15, 0.2) is 24.3 Å². The van der Waals surface area contributed by atoms with Crippen molar-refractivity contribution >= 4 is 17.3 Å². The van der Waals surface area contributed by atoms with Gasteiger partial charge in [0, 0.05) is 31.1 Å². The van der Waals surface area contributed by atoms with Crippen LogP contribution in [0.4, 0.5) is 11.4 Å². The van der Waals surface area contributed by atoms with Gasteiger partial charge in [0.1, 0.15) is 6.10 Å². The number of benzene rings is 1. The summed E-state index contributed by atoms with van der Waals surface area (Å²) in [5, 5.41) is 2.89. The van der Waals surface area contributed by atoms with E-state index in [0.29, 0.717) is 19.8 Å². The Labute approximate surface area is 139 Å². The molecule has 1 saturated heterocycles. The molecule has 0 aliphatic carbocycles. The molecule has 23 heavy (non-hydrogen) atoms. The fourth-order valence-electron chi connectivity index (χ4n) is 2.66. The van der Waals surface area contributed by atoms with Gasteiger partial charge in [-0.25, -0.2) is 0 Å². The lowest BCUT2D eigenvalue weighted by molar-refractivity contribution is -0.127. The van der Waals surface area contributed by atoms with Crippen molar-refractivity contribution in [2.75, 3.05) is 43.1 Å². The van der Waals surface area contributed by atoms with Crippen LogP contribution < -0.4 is 10.2 Å². The summed E-state index contributed by atoms with van der Waals surface area (Å²) in [7, 11) is 0. The van der Waals surface area contributed by atoms with Gasteiger partial charge in [0.05, 0.1) is 13.2 Å². The Hall–Kier alpha value is -1.59. The van der Waals surface area contributed by atoms with Gasteiger partial charge in [-0.15, -0.1) is 0 Å². The number of ether oxygens (including phenoxy) is 2. The maximum atomic E-state index is 12.1. The van der Waals surface area contributed by atoms with E-state index in [4.69, 9.17) is 9.47 Å². The molecule has 1 N–H and O–H groups in total. The highest BCUT2D eigenvalue weighted by Gasteiger charge is 2.14. The predicted octanol–water partition coefficient (Wildman–Crippen LogP) is 3.06. The molecule has 2 rings (SSSR count). The van der Waals surface area contributed by atoms with Crippen LogP contribution in [0.5, 0.6) is 0 Å². The lowest BCUT2D eigenvalue weighted by atomic mass is 10.1. The number of anilines is 2. The van der Waals surface area contributed by atoms with E-state index in [9.17, 15) is 4.79 Å². The van der Waals surface area contributed by atoms with E-state index in [2.05, 4.69) is 22.3 Å². The molecule has 1 aromatic carbocycles. The Morgan fingerprint density at radius 1 is 1.17 bits per heavy atom. The molecule has 1 aliphatic rings. The minimum absolute atomic E-state index is 0.132. The number of hydrogen-bond donors (Lipinski definition) is 1. The Kier molecular flexibility index (Phi) is 7.36. The number of piperidine rings is 1. The SMILES string of the molecule is CCOCCO[C@@H](C)C(=O)Nc1ccc(N2CCCCC2)cc1. The molecule has 5 heteroatoms. The van der Waals surface area contributed by atoms with Crippen molar-refractivity contribution in [1.82, 2.24) is 0 Å². The van der Waals surface area contributed by atoms with Crippen molar-refractivity contribution in [3.05, 3.63) is 24.3 Å². The van der Waals surface area contributed by atoms with Crippen LogP contribution in [0, 0.1) is 0 Å². The lowest BCUT2D eigenvalue weighted by Crippen LogP contribution is -2.30. The fraction of sp³-hybridized carbons (Fsp3) is 0.611. The van der Waals surface area contributed by atoms with Crippen LogP contribution in [0.3, 0.4) is 0 Å². The standard InChI is InChI=1S/C18H28N2O3/c1-3-22-13-14-23-15(2)18(21)19-16-7-9-17(10-8-16)20-11-5-4-6-12-20/h7-10,15H,3-6,11-14H2,1-2H3,(H,19,21)/t15-/m0/s1. The number of carbonyl (C=O) groups excluding carboxylic acids is 1. The summed E-state index contributed by atoms with van der Waals surface area (Å²) in [4.78, 5) is 14.5. The summed E-state index contributed by atoms with van der Waals surface area (Å²) in [6.45, 7) is 7.53. The molecule has 1 aliphatic heterocycles. The van der Waals surface area contributed by atoms with Crippen molar-refractivity contribution in [3.63, 3.8) is 0 Å². The van der Waals surface area contributed by atoms with Gasteiger partial charge >= 0.3 is 0 Å². The number of carbonyl (C=O) groups is 1. The highest BCUT2D eigenvalue weighted by Crippen LogP contribution is 2.21. The first-order valence-electron chi connectivity index (χ1n) is 8.56. The maximum Gasteiger partial charge on any atom is 0.253 e. The zero-order valence-electron chi connectivity index (χ0n) is 14.2. The van der Waals surface area contributed by atoms with Crippen LogP contribution in [-0.2, 0) is 14.3 Å². The minimum Gasteiger partial charge on any atom is -0.379 e. The zero-order valence-corrected chi connectivity index (χ0v) is 14.2. The Bertz CT molecular complexity index is 470. The largest absolute Gasteiger partial charge is 0.379 e. The molecule has 1 atom stereocenters. The van der Waals surface area contributed by atoms with Gasteiger partial charge in [-0.05, 0) is 57.4 Å². The summed E-state index contributed by atoms with van der Waals surface area (Å²) in [6.07, 6.45) is 3.35. The first-order chi connectivity index (χ1) is 11.2. The molecule has 0 saturated carbocycles. The monoisotopic (exact) mass is 320 g/mol. The second-order valence-electron chi connectivity index (χ2n) is 5.79. The van der Waals surface area contributed by atoms with Gasteiger partial charge in [-0.3, -0.25) is 4.79 Å². The number of hydrogen-bond acceptors (Lipinski definition) is 4. The summed E-state index contributed by atoms with van der Waals surface area (Å²) >= 11 is 0. The van der Waals surface area contributed by atoms with Crippen LogP contribution in [-0.4, -0.2) is 44.9 Å². The normalized spacial score (nSPS) is 16.2. The third kappa shape index (κ3) is 5.84. The van der Waals surface area contributed by atoms with E-state index >= 15 is 0 Å². The molecular formula is C18H28N2O3. The Morgan fingerprint density at radius 3 is 2.52 bits per heavy atom. The van der Waals surface area contributed by atoms with Gasteiger partial charge in [-0.1, -0.05) is 0 Å². The van der Waals surface area contributed by atoms with Crippen molar-refractivity contribution in [2.45, 2.75) is 39.2 Å². The summed E-state index contributed by atoms with van der Waals surface area (Å²) in [5.41, 5.74) is 2.03. The summed E-state index contributed by atoms with van der Waals surface area (Å²) in [6, 6.07) is 8.05. The van der Waals surface area contributed by atoms with Crippen molar-refractivity contribution in [1.29, 1.82) is 0 Å². The third-order valence-corrected chi connectivity index (χ3v) is 4.02. The van der Waals surface area contributed by atoms with E-state index in [-0.39, 0.29) is 5.91 Å². The van der Waals surface area contributed by atoms with Gasteiger partial charge in [0.25, 0.3) is 5.91 Å². The van der Waals surface area contributed by atoms with Gasteiger partial charge in [-0.2, -0.15) is 0 Å². The molecule has 5 nitrogen and oxygen atoms in total. The van der Waals surface area contributed by atoms with E-state index < -0.39 is 6.10 Å². The number of nitrogens with zero attached hydrogens (tertiary/aromatic N) is 1. The average Bonchev–Trinajstić information content (AvgIpc) is 2.60. The van der Waals surface area contributed by atoms with E-state index in [0.717, 1.165) is 18.8 Å². The average molecular weight is 320 g/mol. The molecule has 1 aromatic rings. The Morgan fingerprint density at radius 2 is 1.87 bits per heavy atom. The minimum atomic E-state index is -0.489. The van der Waals surface area contributed by atoms with Crippen molar-refractivity contribution in [2.24, 2.45) is 0 Å². The van der Waals surface area contributed by atoms with Crippen LogP contribution in [0.25, 0.3) is 0 Å². The van der Waals surface area contributed by atoms with Gasteiger partial charge < -0.3 is 19.7 Å². The van der Waals surface area contributed by atoms with Crippen molar-refractivity contribution in [3.8, 4) is 0 Å². The molecule has 0 spiro atoms. The fourth-order valence-corrected chi connectivity index (χ4v) is 2.66. The van der Waals surface area contributed by atoms with E-state index in [1.165, 1.54) is 24.9 Å². The summed E-state index contributed by atoms with van der Waals surface area (Å²) < 4.78 is 10.6. The Balaban J connectivity index is 1.79. The van der Waals surface area contributed by atoms with E-state index in [1.54, 1.807) is 6.92 Å². The molecule has 128 valence electrons. The van der Waals surface area contributed by atoms with E-state index in [1.807, 2.05) is 19.1 Å². The molecule has 0 aromatic heterocycles. The molecule has 1 heterocycles. The number of rotatable bonds is 8. The van der Waals surface area contributed by atoms with Crippen LogP contribution in [0.2, 0.25) is 0 Å². The molecule has 0 bridgehead atoms. The predicted molar refractivity (Wildman–Crippen MR) is 93.0 cm³/mol. The number of amides is 1. The topological polar surface area (TPSA) is 50.8 Å². The highest BCUT2D eigenvalue weighted by molar-refractivity contribution is 5.94. The third-order valence-electron chi connectivity index (χ3n) is 4.02. The van der Waals surface area contributed by atoms with Crippen LogP contribution in [0.1, 0.15) is 33.1 Å². The van der Waals surface area contributed by atoms with Gasteiger partial charge in [0.2, 0.25) is 0 Å². The molecule has 1 amide bonds. The van der Waals surface area contributed by atoms with Crippen molar-refractivity contribution < 1.29 is 14.3 Å². The second kappa shape index (κ2) is 9.53. The second-order valence-corrected chi connectivity index (χ2v) is 5.79. The first kappa shape index (κ1) is 17.8. The summed E-state index contributed by atoms with van der Waals surface area (Å²) in [5.74, 6) is -0.132.